The predicted octanol–water partition coefficient (Wildman–Crippen LogP) is 3.75. The number of carbonyl (C=O) groups is 1. The van der Waals surface area contributed by atoms with Crippen molar-refractivity contribution in [3.8, 4) is 11.5 Å². The van der Waals surface area contributed by atoms with Crippen molar-refractivity contribution >= 4 is 91.5 Å². The SMILES string of the molecule is Bc1c(OC)c(C)c(NC(=O)c2csc3c(Nc4ccc5cn[nH]c5c4)ncnc23)c(I)c1OC. The topological polar surface area (TPSA) is 114 Å². The molecule has 0 radical (unpaired) electrons. The number of fused-ring (bicyclic) bond motifs is 2. The van der Waals surface area contributed by atoms with E-state index in [1.165, 1.54) is 17.7 Å². The Bertz CT molecular complexity index is 1570. The zero-order valence-corrected chi connectivity index (χ0v) is 22.3. The molecule has 9 nitrogen and oxygen atoms in total. The first-order valence-electron chi connectivity index (χ1n) is 10.6. The summed E-state index contributed by atoms with van der Waals surface area (Å²) in [5.74, 6) is 1.70. The maximum Gasteiger partial charge on any atom is 0.258 e. The van der Waals surface area contributed by atoms with Crippen LogP contribution in [0.4, 0.5) is 17.2 Å². The number of hydrogen-bond donors (Lipinski definition) is 3. The summed E-state index contributed by atoms with van der Waals surface area (Å²) in [6.45, 7) is 1.91. The summed E-state index contributed by atoms with van der Waals surface area (Å²) in [5, 5.41) is 16.2. The molecule has 3 heterocycles. The number of hydrogen-bond acceptors (Lipinski definition) is 8. The van der Waals surface area contributed by atoms with Crippen LogP contribution >= 0.6 is 33.9 Å². The van der Waals surface area contributed by atoms with E-state index in [-0.39, 0.29) is 5.91 Å². The molecule has 0 aliphatic rings. The number of rotatable bonds is 6. The average Bonchev–Trinajstić information content (AvgIpc) is 3.50. The van der Waals surface area contributed by atoms with Crippen LogP contribution in [0.1, 0.15) is 15.9 Å². The molecular formula is C23H20BIN6O3S. The number of amides is 1. The Kier molecular flexibility index (Phi) is 6.23. The number of thiophene rings is 1. The van der Waals surface area contributed by atoms with E-state index in [1.807, 2.05) is 33.0 Å². The molecule has 5 aromatic rings. The highest BCUT2D eigenvalue weighted by molar-refractivity contribution is 14.1. The zero-order valence-electron chi connectivity index (χ0n) is 19.3. The lowest BCUT2D eigenvalue weighted by molar-refractivity contribution is 0.102. The molecule has 1 amide bonds. The lowest BCUT2D eigenvalue weighted by atomic mass is 9.90. The van der Waals surface area contributed by atoms with Gasteiger partial charge in [0.2, 0.25) is 0 Å². The Morgan fingerprint density at radius 3 is 2.77 bits per heavy atom. The van der Waals surface area contributed by atoms with Crippen LogP contribution in [0.5, 0.6) is 11.5 Å². The Balaban J connectivity index is 1.49. The number of nitrogens with one attached hydrogen (secondary N) is 3. The Hall–Kier alpha value is -3.39. The molecule has 176 valence electrons. The van der Waals surface area contributed by atoms with Gasteiger partial charge in [0.1, 0.15) is 25.7 Å². The number of carbonyl (C=O) groups excluding carboxylic acids is 1. The predicted molar refractivity (Wildman–Crippen MR) is 150 cm³/mol. The van der Waals surface area contributed by atoms with E-state index in [0.717, 1.165) is 35.9 Å². The molecule has 0 saturated heterocycles. The lowest BCUT2D eigenvalue weighted by Crippen LogP contribution is -2.20. The minimum Gasteiger partial charge on any atom is -0.497 e. The maximum absolute atomic E-state index is 13.4. The highest BCUT2D eigenvalue weighted by atomic mass is 127. The monoisotopic (exact) mass is 598 g/mol. The van der Waals surface area contributed by atoms with Gasteiger partial charge in [-0.3, -0.25) is 9.89 Å². The van der Waals surface area contributed by atoms with Gasteiger partial charge in [-0.15, -0.1) is 11.3 Å². The van der Waals surface area contributed by atoms with Crippen LogP contribution in [0.25, 0.3) is 21.1 Å². The number of benzene rings is 2. The van der Waals surface area contributed by atoms with E-state index in [1.54, 1.807) is 25.8 Å². The van der Waals surface area contributed by atoms with Crippen molar-refractivity contribution in [1.82, 2.24) is 20.2 Å². The van der Waals surface area contributed by atoms with Crippen molar-refractivity contribution in [2.45, 2.75) is 6.92 Å². The standard InChI is InChI=1S/C23H20BIN6O3S/c1-10-17(16(25)20(34-3)15(24)19(10)33-2)30-23(32)13-8-35-21-18(13)26-9-27-22(21)29-12-5-4-11-7-28-31-14(11)6-12/h4-9H,24H2,1-3H3,(H,28,31)(H,30,32)(H,26,27,29). The van der Waals surface area contributed by atoms with E-state index >= 15 is 0 Å². The van der Waals surface area contributed by atoms with Gasteiger partial charge in [-0.05, 0) is 53.2 Å². The molecule has 0 saturated carbocycles. The minimum atomic E-state index is -0.270. The van der Waals surface area contributed by atoms with Crippen molar-refractivity contribution in [3.63, 3.8) is 0 Å². The van der Waals surface area contributed by atoms with Crippen LogP contribution in [-0.4, -0.2) is 48.1 Å². The van der Waals surface area contributed by atoms with E-state index in [4.69, 9.17) is 9.47 Å². The van der Waals surface area contributed by atoms with Gasteiger partial charge in [-0.25, -0.2) is 9.97 Å². The third-order valence-electron chi connectivity index (χ3n) is 5.77. The summed E-state index contributed by atoms with van der Waals surface area (Å²) in [5.41, 5.74) is 5.17. The fraction of sp³-hybridized carbons (Fsp3) is 0.130. The second kappa shape index (κ2) is 9.34. The maximum atomic E-state index is 13.4. The number of halogens is 1. The Morgan fingerprint density at radius 2 is 2.00 bits per heavy atom. The molecule has 0 spiro atoms. The van der Waals surface area contributed by atoms with Crippen molar-refractivity contribution in [1.29, 1.82) is 0 Å². The number of aromatic nitrogens is 4. The molecule has 0 aliphatic heterocycles. The number of nitrogens with zero attached hydrogens (tertiary/aromatic N) is 3. The first kappa shape index (κ1) is 23.4. The molecule has 5 rings (SSSR count). The van der Waals surface area contributed by atoms with Gasteiger partial charge in [0.05, 0.1) is 51.0 Å². The summed E-state index contributed by atoms with van der Waals surface area (Å²) >= 11 is 3.59. The number of H-pyrrole nitrogens is 1. The fourth-order valence-corrected chi connectivity index (χ4v) is 6.18. The zero-order chi connectivity index (χ0) is 24.7. The van der Waals surface area contributed by atoms with E-state index in [2.05, 4.69) is 53.4 Å². The quantitative estimate of drug-likeness (QED) is 0.202. The fourth-order valence-electron chi connectivity index (χ4n) is 4.07. The van der Waals surface area contributed by atoms with Gasteiger partial charge in [0, 0.05) is 22.0 Å². The van der Waals surface area contributed by atoms with E-state index < -0.39 is 0 Å². The van der Waals surface area contributed by atoms with Crippen molar-refractivity contribution in [2.24, 2.45) is 0 Å². The van der Waals surface area contributed by atoms with Crippen LogP contribution in [0, 0.1) is 10.5 Å². The number of anilines is 3. The van der Waals surface area contributed by atoms with E-state index in [9.17, 15) is 4.79 Å². The second-order valence-corrected chi connectivity index (χ2v) is 9.76. The summed E-state index contributed by atoms with van der Waals surface area (Å²) in [6, 6.07) is 5.89. The van der Waals surface area contributed by atoms with Gasteiger partial charge in [0.25, 0.3) is 5.91 Å². The molecular weight excluding hydrogens is 578 g/mol. The third kappa shape index (κ3) is 4.06. The molecule has 0 fully saturated rings. The van der Waals surface area contributed by atoms with Gasteiger partial charge >= 0.3 is 0 Å². The highest BCUT2D eigenvalue weighted by Crippen LogP contribution is 2.37. The van der Waals surface area contributed by atoms with Crippen LogP contribution in [0.15, 0.2) is 36.1 Å². The van der Waals surface area contributed by atoms with Gasteiger partial charge in [0.15, 0.2) is 5.82 Å². The van der Waals surface area contributed by atoms with Crippen molar-refractivity contribution < 1.29 is 14.3 Å². The number of ether oxygens (including phenoxy) is 2. The molecule has 0 bridgehead atoms. The number of aromatic amines is 1. The Labute approximate surface area is 219 Å². The van der Waals surface area contributed by atoms with Crippen LogP contribution in [-0.2, 0) is 0 Å². The van der Waals surface area contributed by atoms with Gasteiger partial charge < -0.3 is 20.1 Å². The summed E-state index contributed by atoms with van der Waals surface area (Å²) < 4.78 is 12.8. The minimum absolute atomic E-state index is 0.270. The van der Waals surface area contributed by atoms with Crippen LogP contribution in [0.3, 0.4) is 0 Å². The normalized spacial score (nSPS) is 11.1. The second-order valence-electron chi connectivity index (χ2n) is 7.81. The van der Waals surface area contributed by atoms with Crippen molar-refractivity contribution in [2.75, 3.05) is 24.9 Å². The molecule has 0 atom stereocenters. The van der Waals surface area contributed by atoms with E-state index in [0.29, 0.717) is 34.1 Å². The summed E-state index contributed by atoms with van der Waals surface area (Å²) in [4.78, 5) is 22.2. The average molecular weight is 598 g/mol. The first-order chi connectivity index (χ1) is 16.9. The lowest BCUT2D eigenvalue weighted by Gasteiger charge is -2.20. The number of methoxy groups -OCH3 is 2. The molecule has 2 aromatic carbocycles. The third-order valence-corrected chi connectivity index (χ3v) is 7.77. The van der Waals surface area contributed by atoms with Crippen molar-refractivity contribution in [3.05, 3.63) is 50.8 Å². The van der Waals surface area contributed by atoms with Gasteiger partial charge in [-0.2, -0.15) is 5.10 Å². The van der Waals surface area contributed by atoms with Gasteiger partial charge in [-0.1, -0.05) is 0 Å². The molecule has 0 aliphatic carbocycles. The smallest absolute Gasteiger partial charge is 0.258 e. The largest absolute Gasteiger partial charge is 0.497 e. The first-order valence-corrected chi connectivity index (χ1v) is 12.5. The molecule has 3 aromatic heterocycles. The Morgan fingerprint density at radius 1 is 1.20 bits per heavy atom. The molecule has 12 heteroatoms. The van der Waals surface area contributed by atoms with Crippen LogP contribution in [0.2, 0.25) is 0 Å². The highest BCUT2D eigenvalue weighted by Gasteiger charge is 2.23. The molecule has 0 unspecified atom stereocenters. The molecule has 3 N–H and O–H groups in total. The summed E-state index contributed by atoms with van der Waals surface area (Å²) in [6.07, 6.45) is 3.23. The van der Waals surface area contributed by atoms with Crippen LogP contribution < -0.4 is 25.6 Å². The molecule has 35 heavy (non-hydrogen) atoms. The summed E-state index contributed by atoms with van der Waals surface area (Å²) in [7, 11) is 5.14.